The summed E-state index contributed by atoms with van der Waals surface area (Å²) in [5.74, 6) is 0. The molecule has 0 aromatic carbocycles. The summed E-state index contributed by atoms with van der Waals surface area (Å²) < 4.78 is 0. The molecule has 0 rings (SSSR count). The summed E-state index contributed by atoms with van der Waals surface area (Å²) >= 11 is 0. The Kier molecular flexibility index (Phi) is 39.1. The first-order valence-electron chi connectivity index (χ1n) is 10.6. The first kappa shape index (κ1) is 36.5. The van der Waals surface area contributed by atoms with Crippen LogP contribution in [0.5, 0.6) is 0 Å². The molecule has 0 aliphatic heterocycles. The van der Waals surface area contributed by atoms with E-state index in [1.54, 1.807) is 0 Å². The minimum Gasteiger partial charge on any atom is -0.134 e. The van der Waals surface area contributed by atoms with E-state index in [9.17, 15) is 0 Å². The van der Waals surface area contributed by atoms with Crippen molar-refractivity contribution in [3.05, 3.63) is 0 Å². The third kappa shape index (κ3) is 20.7. The molecular formula is C23H52SiSn. The molecule has 0 aromatic rings. The molecule has 0 saturated carbocycles. The molecule has 0 atom stereocenters. The van der Waals surface area contributed by atoms with E-state index >= 15 is 0 Å². The van der Waals surface area contributed by atoms with Crippen LogP contribution in [0.3, 0.4) is 0 Å². The molecule has 0 amide bonds. The summed E-state index contributed by atoms with van der Waals surface area (Å²) in [6.45, 7) is 26.8. The predicted octanol–water partition coefficient (Wildman–Crippen LogP) is 8.88. The SMILES string of the molecule is C#C[Si](C(C)C)(C(C)C)C(C)C.CCCC.CCCC.CCCC.[Sn]. The van der Waals surface area contributed by atoms with Crippen LogP contribution in [0.2, 0.25) is 16.6 Å². The van der Waals surface area contributed by atoms with E-state index in [4.69, 9.17) is 6.42 Å². The normalized spacial score (nSPS) is 9.68. The average molecular weight is 475 g/mol. The van der Waals surface area contributed by atoms with Gasteiger partial charge in [-0.1, -0.05) is 122 Å². The maximum atomic E-state index is 5.72. The zero-order valence-electron chi connectivity index (χ0n) is 20.1. The van der Waals surface area contributed by atoms with Crippen molar-refractivity contribution in [2.24, 2.45) is 0 Å². The minimum atomic E-state index is -1.47. The van der Waals surface area contributed by atoms with Gasteiger partial charge >= 0.3 is 0 Å². The predicted molar refractivity (Wildman–Crippen MR) is 127 cm³/mol. The molecule has 0 N–H and O–H groups in total. The molecular weight excluding hydrogens is 423 g/mol. The Labute approximate surface area is 181 Å². The monoisotopic (exact) mass is 476 g/mol. The van der Waals surface area contributed by atoms with Gasteiger partial charge in [0.2, 0.25) is 0 Å². The molecule has 25 heavy (non-hydrogen) atoms. The maximum Gasteiger partial charge on any atom is 0.145 e. The molecule has 0 heterocycles. The summed E-state index contributed by atoms with van der Waals surface area (Å²) in [4.78, 5) is 0. The second-order valence-corrected chi connectivity index (χ2v) is 13.2. The van der Waals surface area contributed by atoms with Crippen LogP contribution in [-0.4, -0.2) is 32.0 Å². The molecule has 0 aliphatic rings. The van der Waals surface area contributed by atoms with Crippen molar-refractivity contribution in [1.82, 2.24) is 0 Å². The number of hydrogen-bond acceptors (Lipinski definition) is 0. The first-order chi connectivity index (χ1) is 11.1. The van der Waals surface area contributed by atoms with Crippen LogP contribution in [-0.2, 0) is 0 Å². The van der Waals surface area contributed by atoms with Crippen LogP contribution < -0.4 is 0 Å². The third-order valence-electron chi connectivity index (χ3n) is 4.62. The molecule has 0 bridgehead atoms. The Hall–Kier alpha value is 0.576. The van der Waals surface area contributed by atoms with Crippen LogP contribution in [0, 0.1) is 12.0 Å². The zero-order valence-corrected chi connectivity index (χ0v) is 23.9. The number of terminal acetylenes is 1. The Bertz CT molecular complexity index is 214. The van der Waals surface area contributed by atoms with Crippen molar-refractivity contribution in [3.8, 4) is 12.0 Å². The van der Waals surface area contributed by atoms with E-state index in [0.29, 0.717) is 16.6 Å². The van der Waals surface area contributed by atoms with Gasteiger partial charge in [-0.2, -0.15) is 0 Å². The van der Waals surface area contributed by atoms with Crippen molar-refractivity contribution in [3.63, 3.8) is 0 Å². The molecule has 0 unspecified atom stereocenters. The van der Waals surface area contributed by atoms with Gasteiger partial charge < -0.3 is 0 Å². The minimum absolute atomic E-state index is 0. The van der Waals surface area contributed by atoms with Crippen LogP contribution in [0.1, 0.15) is 122 Å². The summed E-state index contributed by atoms with van der Waals surface area (Å²) in [7, 11) is -1.47. The summed E-state index contributed by atoms with van der Waals surface area (Å²) in [6.07, 6.45) is 13.6. The molecule has 0 saturated heterocycles. The largest absolute Gasteiger partial charge is 0.145 e. The number of unbranched alkanes of at least 4 members (excludes halogenated alkanes) is 3. The smallest absolute Gasteiger partial charge is 0.134 e. The Morgan fingerprint density at radius 2 is 0.720 bits per heavy atom. The summed E-state index contributed by atoms with van der Waals surface area (Å²) in [6, 6.07) is 0. The summed E-state index contributed by atoms with van der Waals surface area (Å²) in [5.41, 5.74) is 5.24. The Morgan fingerprint density at radius 1 is 0.560 bits per heavy atom. The van der Waals surface area contributed by atoms with E-state index in [-0.39, 0.29) is 23.9 Å². The molecule has 2 heteroatoms. The Balaban J connectivity index is -0.0000000850. The standard InChI is InChI=1S/C11H22Si.3C4H10.Sn/c1-8-12(9(2)3,10(4)5)11(6)7;3*1-3-4-2;/h1,9-11H,2-7H3;3*3-4H2,1-2H3;. The van der Waals surface area contributed by atoms with Crippen LogP contribution in [0.4, 0.5) is 0 Å². The maximum absolute atomic E-state index is 5.72. The zero-order chi connectivity index (χ0) is 20.2. The molecule has 0 spiro atoms. The van der Waals surface area contributed by atoms with Gasteiger partial charge in [-0.3, -0.25) is 0 Å². The fourth-order valence-electron chi connectivity index (χ4n) is 2.50. The second-order valence-electron chi connectivity index (χ2n) is 7.54. The molecule has 4 radical (unpaired) electrons. The van der Waals surface area contributed by atoms with Crippen molar-refractivity contribution in [2.75, 3.05) is 0 Å². The van der Waals surface area contributed by atoms with Crippen molar-refractivity contribution in [1.29, 1.82) is 0 Å². The molecule has 152 valence electrons. The second kappa shape index (κ2) is 26.8. The van der Waals surface area contributed by atoms with Crippen LogP contribution in [0.25, 0.3) is 0 Å². The third-order valence-corrected chi connectivity index (χ3v) is 10.8. The van der Waals surface area contributed by atoms with Crippen molar-refractivity contribution < 1.29 is 0 Å². The number of rotatable bonds is 6. The van der Waals surface area contributed by atoms with Crippen molar-refractivity contribution in [2.45, 2.75) is 138 Å². The quantitative estimate of drug-likeness (QED) is 0.266. The molecule has 0 aromatic heterocycles. The fraction of sp³-hybridized carbons (Fsp3) is 0.913. The molecule has 0 fully saturated rings. The van der Waals surface area contributed by atoms with Gasteiger partial charge in [0.25, 0.3) is 0 Å². The molecule has 0 aliphatic carbocycles. The average Bonchev–Trinajstić information content (AvgIpc) is 2.55. The first-order valence-corrected chi connectivity index (χ1v) is 12.8. The van der Waals surface area contributed by atoms with E-state index in [1.807, 2.05) is 0 Å². The van der Waals surface area contributed by atoms with Crippen molar-refractivity contribution >= 4 is 32.0 Å². The number of hydrogen-bond donors (Lipinski definition) is 0. The van der Waals surface area contributed by atoms with E-state index in [0.717, 1.165) is 0 Å². The van der Waals surface area contributed by atoms with Gasteiger partial charge in [0.15, 0.2) is 0 Å². The summed E-state index contributed by atoms with van der Waals surface area (Å²) in [5, 5.41) is 0. The van der Waals surface area contributed by atoms with Gasteiger partial charge in [-0.25, -0.2) is 0 Å². The van der Waals surface area contributed by atoms with Crippen LogP contribution >= 0.6 is 0 Å². The topological polar surface area (TPSA) is 0 Å². The van der Waals surface area contributed by atoms with E-state index < -0.39 is 8.07 Å². The van der Waals surface area contributed by atoms with Gasteiger partial charge in [0, 0.05) is 23.9 Å². The van der Waals surface area contributed by atoms with Gasteiger partial charge in [-0.05, 0) is 16.6 Å². The van der Waals surface area contributed by atoms with Crippen LogP contribution in [0.15, 0.2) is 0 Å². The van der Waals surface area contributed by atoms with Gasteiger partial charge in [0.1, 0.15) is 8.07 Å². The van der Waals surface area contributed by atoms with E-state index in [1.165, 1.54) is 38.5 Å². The van der Waals surface area contributed by atoms with E-state index in [2.05, 4.69) is 88.6 Å². The Morgan fingerprint density at radius 3 is 0.720 bits per heavy atom. The van der Waals surface area contributed by atoms with Gasteiger partial charge in [-0.15, -0.1) is 12.0 Å². The molecule has 0 nitrogen and oxygen atoms in total. The van der Waals surface area contributed by atoms with Gasteiger partial charge in [0.05, 0.1) is 0 Å². The fourth-order valence-corrected chi connectivity index (χ4v) is 7.50.